The topological polar surface area (TPSA) is 69.7 Å². The van der Waals surface area contributed by atoms with Crippen LogP contribution < -0.4 is 4.72 Å². The van der Waals surface area contributed by atoms with Crippen molar-refractivity contribution in [3.8, 4) is 0 Å². The molecule has 166 valence electrons. The van der Waals surface area contributed by atoms with Crippen LogP contribution in [0.2, 0.25) is 0 Å². The molecule has 1 heterocycles. The van der Waals surface area contributed by atoms with Gasteiger partial charge in [-0.1, -0.05) is 61.5 Å². The van der Waals surface area contributed by atoms with Crippen LogP contribution in [0.5, 0.6) is 0 Å². The zero-order valence-electron chi connectivity index (χ0n) is 18.0. The summed E-state index contributed by atoms with van der Waals surface area (Å²) in [5, 5.41) is 0. The molecule has 6 nitrogen and oxygen atoms in total. The predicted octanol–water partition coefficient (Wildman–Crippen LogP) is 2.78. The number of piperazine rings is 1. The van der Waals surface area contributed by atoms with E-state index in [1.165, 1.54) is 5.56 Å². The maximum Gasteiger partial charge on any atom is 0.240 e. The van der Waals surface area contributed by atoms with Crippen molar-refractivity contribution in [2.24, 2.45) is 0 Å². The summed E-state index contributed by atoms with van der Waals surface area (Å²) in [5.41, 5.74) is 2.16. The van der Waals surface area contributed by atoms with Crippen molar-refractivity contribution in [2.75, 3.05) is 39.3 Å². The second-order valence-corrected chi connectivity index (χ2v) is 9.41. The summed E-state index contributed by atoms with van der Waals surface area (Å²) in [6.45, 7) is 6.24. The molecule has 1 saturated heterocycles. The summed E-state index contributed by atoms with van der Waals surface area (Å²) in [7, 11) is -3.44. The minimum Gasteiger partial charge on any atom is -0.340 e. The number of rotatable bonds is 9. The summed E-state index contributed by atoms with van der Waals surface area (Å²) in [5.74, 6) is 0.156. The van der Waals surface area contributed by atoms with E-state index in [1.807, 2.05) is 23.1 Å². The number of hydrogen-bond donors (Lipinski definition) is 1. The monoisotopic (exact) mass is 441 g/mol. The molecule has 2 aromatic carbocycles. The molecule has 0 aromatic heterocycles. The van der Waals surface area contributed by atoms with Gasteiger partial charge in [-0.2, -0.15) is 0 Å². The number of amides is 1. The molecule has 0 spiro atoms. The second-order valence-electron chi connectivity index (χ2n) is 7.64. The Bertz CT molecular complexity index is 965. The molecule has 0 saturated carbocycles. The molecule has 0 atom stereocenters. The summed E-state index contributed by atoms with van der Waals surface area (Å²) in [6, 6.07) is 17.0. The lowest BCUT2D eigenvalue weighted by molar-refractivity contribution is -0.132. The fraction of sp³-hybridized carbons (Fsp3) is 0.375. The molecule has 7 heteroatoms. The standard InChI is InChI=1S/C24H31N3O3S/c1-2-25-31(29,30)23-13-10-22(11-14-23)12-15-24(28)27-19-17-26(18-20-27)16-6-9-21-7-4-3-5-8-21/h3-11,13-14,25H,2,12,15-20H2,1H3/b9-6+. The molecule has 1 N–H and O–H groups in total. The first kappa shape index (κ1) is 23.2. The Balaban J connectivity index is 1.40. The fourth-order valence-electron chi connectivity index (χ4n) is 3.60. The third kappa shape index (κ3) is 7.02. The number of benzene rings is 2. The largest absolute Gasteiger partial charge is 0.340 e. The fourth-order valence-corrected chi connectivity index (χ4v) is 4.64. The van der Waals surface area contributed by atoms with Gasteiger partial charge in [0.15, 0.2) is 0 Å². The van der Waals surface area contributed by atoms with Crippen molar-refractivity contribution in [3.05, 3.63) is 71.8 Å². The quantitative estimate of drug-likeness (QED) is 0.650. The molecular weight excluding hydrogens is 410 g/mol. The van der Waals surface area contributed by atoms with Crippen molar-refractivity contribution >= 4 is 22.0 Å². The van der Waals surface area contributed by atoms with Crippen LogP contribution >= 0.6 is 0 Å². The molecule has 1 fully saturated rings. The predicted molar refractivity (Wildman–Crippen MR) is 124 cm³/mol. The van der Waals surface area contributed by atoms with Gasteiger partial charge in [0.05, 0.1) is 4.90 Å². The molecule has 0 bridgehead atoms. The third-order valence-corrected chi connectivity index (χ3v) is 6.96. The van der Waals surface area contributed by atoms with E-state index in [0.717, 1.165) is 38.3 Å². The van der Waals surface area contributed by atoms with Gasteiger partial charge in [0, 0.05) is 45.7 Å². The lowest BCUT2D eigenvalue weighted by Gasteiger charge is -2.34. The molecule has 3 rings (SSSR count). The highest BCUT2D eigenvalue weighted by Crippen LogP contribution is 2.13. The number of sulfonamides is 1. The van der Waals surface area contributed by atoms with Crippen LogP contribution in [-0.4, -0.2) is 63.4 Å². The molecule has 1 amide bonds. The molecule has 1 aliphatic heterocycles. The molecule has 31 heavy (non-hydrogen) atoms. The van der Waals surface area contributed by atoms with Gasteiger partial charge >= 0.3 is 0 Å². The Morgan fingerprint density at radius 1 is 1.00 bits per heavy atom. The van der Waals surface area contributed by atoms with Crippen LogP contribution in [0.15, 0.2) is 65.6 Å². The SMILES string of the molecule is CCNS(=O)(=O)c1ccc(CCC(=O)N2CCN(C/C=C/c3ccccc3)CC2)cc1. The molecule has 0 unspecified atom stereocenters. The minimum absolute atomic E-state index is 0.156. The summed E-state index contributed by atoms with van der Waals surface area (Å²) in [4.78, 5) is 17.1. The van der Waals surface area contributed by atoms with Gasteiger partial charge in [-0.25, -0.2) is 13.1 Å². The number of hydrogen-bond acceptors (Lipinski definition) is 4. The van der Waals surface area contributed by atoms with Crippen molar-refractivity contribution in [2.45, 2.75) is 24.7 Å². The van der Waals surface area contributed by atoms with Crippen molar-refractivity contribution in [1.29, 1.82) is 0 Å². The van der Waals surface area contributed by atoms with Gasteiger partial charge in [0.25, 0.3) is 0 Å². The van der Waals surface area contributed by atoms with Gasteiger partial charge in [-0.3, -0.25) is 9.69 Å². The van der Waals surface area contributed by atoms with E-state index in [1.54, 1.807) is 31.2 Å². The van der Waals surface area contributed by atoms with Crippen LogP contribution in [0.25, 0.3) is 6.08 Å². The Labute approximate surface area is 185 Å². The number of nitrogens with one attached hydrogen (secondary N) is 1. The maximum absolute atomic E-state index is 12.6. The zero-order chi connectivity index (χ0) is 22.1. The van der Waals surface area contributed by atoms with Gasteiger partial charge < -0.3 is 4.90 Å². The summed E-state index contributed by atoms with van der Waals surface area (Å²) < 4.78 is 26.5. The van der Waals surface area contributed by atoms with E-state index >= 15 is 0 Å². The number of aryl methyl sites for hydroxylation is 1. The smallest absolute Gasteiger partial charge is 0.240 e. The van der Waals surface area contributed by atoms with Gasteiger partial charge in [0.1, 0.15) is 0 Å². The Morgan fingerprint density at radius 3 is 2.32 bits per heavy atom. The highest BCUT2D eigenvalue weighted by molar-refractivity contribution is 7.89. The number of nitrogens with zero attached hydrogens (tertiary/aromatic N) is 2. The first-order valence-corrected chi connectivity index (χ1v) is 12.3. The summed E-state index contributed by atoms with van der Waals surface area (Å²) in [6.07, 6.45) is 5.35. The van der Waals surface area contributed by atoms with Crippen LogP contribution in [-0.2, 0) is 21.2 Å². The van der Waals surface area contributed by atoms with Crippen molar-refractivity contribution in [3.63, 3.8) is 0 Å². The Kier molecular flexibility index (Phi) is 8.40. The minimum atomic E-state index is -3.44. The van der Waals surface area contributed by atoms with E-state index in [0.29, 0.717) is 19.4 Å². The van der Waals surface area contributed by atoms with Gasteiger partial charge in [-0.15, -0.1) is 0 Å². The third-order valence-electron chi connectivity index (χ3n) is 5.39. The lowest BCUT2D eigenvalue weighted by Crippen LogP contribution is -2.48. The van der Waals surface area contributed by atoms with E-state index in [4.69, 9.17) is 0 Å². The molecule has 2 aromatic rings. The summed E-state index contributed by atoms with van der Waals surface area (Å²) >= 11 is 0. The van der Waals surface area contributed by atoms with E-state index in [9.17, 15) is 13.2 Å². The molecule has 0 radical (unpaired) electrons. The average Bonchev–Trinajstić information content (AvgIpc) is 2.79. The highest BCUT2D eigenvalue weighted by atomic mass is 32.2. The zero-order valence-corrected chi connectivity index (χ0v) is 18.9. The first-order chi connectivity index (χ1) is 15.0. The van der Waals surface area contributed by atoms with Crippen molar-refractivity contribution in [1.82, 2.24) is 14.5 Å². The average molecular weight is 442 g/mol. The first-order valence-electron chi connectivity index (χ1n) is 10.8. The van der Waals surface area contributed by atoms with Gasteiger partial charge in [-0.05, 0) is 29.7 Å². The second kappa shape index (κ2) is 11.2. The van der Waals surface area contributed by atoms with E-state index in [-0.39, 0.29) is 10.8 Å². The Hall–Kier alpha value is -2.48. The van der Waals surface area contributed by atoms with Crippen LogP contribution in [0, 0.1) is 0 Å². The lowest BCUT2D eigenvalue weighted by atomic mass is 10.1. The van der Waals surface area contributed by atoms with Crippen LogP contribution in [0.4, 0.5) is 0 Å². The molecular formula is C24H31N3O3S. The van der Waals surface area contributed by atoms with Crippen LogP contribution in [0.3, 0.4) is 0 Å². The molecule has 1 aliphatic rings. The Morgan fingerprint density at radius 2 is 1.68 bits per heavy atom. The highest BCUT2D eigenvalue weighted by Gasteiger charge is 2.20. The van der Waals surface area contributed by atoms with Crippen LogP contribution in [0.1, 0.15) is 24.5 Å². The van der Waals surface area contributed by atoms with E-state index in [2.05, 4.69) is 33.9 Å². The van der Waals surface area contributed by atoms with Crippen molar-refractivity contribution < 1.29 is 13.2 Å². The normalized spacial score (nSPS) is 15.5. The number of carbonyl (C=O) groups excluding carboxylic acids is 1. The van der Waals surface area contributed by atoms with Gasteiger partial charge in [0.2, 0.25) is 15.9 Å². The maximum atomic E-state index is 12.6. The van der Waals surface area contributed by atoms with E-state index < -0.39 is 10.0 Å². The molecule has 0 aliphatic carbocycles. The number of carbonyl (C=O) groups is 1.